The molecule has 0 saturated carbocycles. The summed E-state index contributed by atoms with van der Waals surface area (Å²) in [6.45, 7) is 10.8. The van der Waals surface area contributed by atoms with Crippen LogP contribution in [-0.2, 0) is 0 Å². The number of ketones is 2. The van der Waals surface area contributed by atoms with Crippen molar-refractivity contribution in [1.82, 2.24) is 0 Å². The molecule has 108 valence electrons. The predicted octanol–water partition coefficient (Wildman–Crippen LogP) is 5.48. The average molecular weight is 334 g/mol. The summed E-state index contributed by atoms with van der Waals surface area (Å²) in [6, 6.07) is 3.80. The Morgan fingerprint density at radius 2 is 1.29 bits per heavy atom. The number of hydrogen-bond acceptors (Lipinski definition) is 5. The Hall–Kier alpha value is -1.43. The Balaban J connectivity index is 2.33. The van der Waals surface area contributed by atoms with E-state index >= 15 is 0 Å². The molecular weight excluding hydrogens is 320 g/mol. The molecule has 2 aromatic rings. The van der Waals surface area contributed by atoms with Crippen molar-refractivity contribution in [3.05, 3.63) is 57.0 Å². The monoisotopic (exact) mass is 334 g/mol. The lowest BCUT2D eigenvalue weighted by Gasteiger charge is -2.04. The molecule has 0 atom stereocenters. The molecule has 0 radical (unpaired) electrons. The molecule has 2 aromatic heterocycles. The van der Waals surface area contributed by atoms with E-state index in [2.05, 4.69) is 13.2 Å². The molecule has 0 aliphatic rings. The van der Waals surface area contributed by atoms with Gasteiger partial charge in [-0.2, -0.15) is 0 Å². The normalized spacial score (nSPS) is 10.4. The Labute approximate surface area is 136 Å². The van der Waals surface area contributed by atoms with Gasteiger partial charge in [-0.3, -0.25) is 9.59 Å². The van der Waals surface area contributed by atoms with Gasteiger partial charge in [-0.25, -0.2) is 0 Å². The minimum absolute atomic E-state index is 0.0458. The number of rotatable bonds is 6. The average Bonchev–Trinajstić information content (AvgIpc) is 3.06. The second-order valence-corrected chi connectivity index (χ2v) is 7.46. The fraction of sp³-hybridized carbons (Fsp3) is 0.125. The summed E-state index contributed by atoms with van der Waals surface area (Å²) in [5, 5.41) is 3.76. The highest BCUT2D eigenvalue weighted by Crippen LogP contribution is 2.38. The first kappa shape index (κ1) is 15.9. The minimum atomic E-state index is -0.0458. The number of carbonyl (C=O) groups is 2. The number of hydrogen-bond donors (Lipinski definition) is 0. The SMILES string of the molecule is C=C(C)C(=O)c1sccc1Sc1ccsc1C(=O)C(=C)C. The molecule has 0 aliphatic carbocycles. The fourth-order valence-corrected chi connectivity index (χ4v) is 4.80. The second-order valence-electron chi connectivity index (χ2n) is 4.55. The van der Waals surface area contributed by atoms with Gasteiger partial charge in [-0.15, -0.1) is 22.7 Å². The van der Waals surface area contributed by atoms with Crippen molar-refractivity contribution < 1.29 is 9.59 Å². The molecule has 0 aliphatic heterocycles. The largest absolute Gasteiger partial charge is 0.288 e. The molecule has 5 heteroatoms. The Bertz CT molecular complexity index is 672. The maximum atomic E-state index is 12.1. The van der Waals surface area contributed by atoms with E-state index in [9.17, 15) is 9.59 Å². The summed E-state index contributed by atoms with van der Waals surface area (Å²) < 4.78 is 0. The van der Waals surface area contributed by atoms with E-state index < -0.39 is 0 Å². The Morgan fingerprint density at radius 3 is 1.62 bits per heavy atom. The van der Waals surface area contributed by atoms with Crippen molar-refractivity contribution in [3.63, 3.8) is 0 Å². The van der Waals surface area contributed by atoms with Gasteiger partial charge in [0.15, 0.2) is 11.6 Å². The minimum Gasteiger partial charge on any atom is -0.288 e. The van der Waals surface area contributed by atoms with Crippen LogP contribution in [0.5, 0.6) is 0 Å². The van der Waals surface area contributed by atoms with Gasteiger partial charge in [0.25, 0.3) is 0 Å². The van der Waals surface area contributed by atoms with Crippen LogP contribution in [0.2, 0.25) is 0 Å². The number of Topliss-reactive ketones (excluding diaryl/α,β-unsaturated/α-hetero) is 2. The Morgan fingerprint density at radius 1 is 0.905 bits per heavy atom. The van der Waals surface area contributed by atoms with E-state index in [1.165, 1.54) is 34.4 Å². The molecule has 2 nitrogen and oxygen atoms in total. The predicted molar refractivity (Wildman–Crippen MR) is 91.1 cm³/mol. The third kappa shape index (κ3) is 3.43. The lowest BCUT2D eigenvalue weighted by atomic mass is 10.2. The van der Waals surface area contributed by atoms with Gasteiger partial charge in [-0.1, -0.05) is 24.9 Å². The third-order valence-electron chi connectivity index (χ3n) is 2.67. The van der Waals surface area contributed by atoms with Crippen LogP contribution >= 0.6 is 34.4 Å². The van der Waals surface area contributed by atoms with Gasteiger partial charge in [0.1, 0.15) is 0 Å². The molecule has 21 heavy (non-hydrogen) atoms. The summed E-state index contributed by atoms with van der Waals surface area (Å²) in [7, 11) is 0. The summed E-state index contributed by atoms with van der Waals surface area (Å²) in [4.78, 5) is 27.3. The van der Waals surface area contributed by atoms with Crippen LogP contribution in [-0.4, -0.2) is 11.6 Å². The maximum absolute atomic E-state index is 12.1. The summed E-state index contributed by atoms with van der Waals surface area (Å²) in [5.74, 6) is -0.0917. The molecule has 2 heterocycles. The zero-order valence-electron chi connectivity index (χ0n) is 11.8. The van der Waals surface area contributed by atoms with E-state index in [4.69, 9.17) is 0 Å². The van der Waals surface area contributed by atoms with Gasteiger partial charge in [0.2, 0.25) is 0 Å². The molecule has 0 fully saturated rings. The first-order valence-corrected chi connectivity index (χ1v) is 8.72. The first-order chi connectivity index (χ1) is 9.91. The lowest BCUT2D eigenvalue weighted by molar-refractivity contribution is 0.102. The van der Waals surface area contributed by atoms with E-state index in [0.29, 0.717) is 20.9 Å². The van der Waals surface area contributed by atoms with Gasteiger partial charge in [0, 0.05) is 9.79 Å². The Kier molecular flexibility index (Phi) is 4.98. The van der Waals surface area contributed by atoms with Crippen LogP contribution in [0.3, 0.4) is 0 Å². The molecule has 0 spiro atoms. The van der Waals surface area contributed by atoms with Crippen molar-refractivity contribution in [2.45, 2.75) is 23.6 Å². The lowest BCUT2D eigenvalue weighted by Crippen LogP contribution is -1.99. The van der Waals surface area contributed by atoms with Gasteiger partial charge >= 0.3 is 0 Å². The van der Waals surface area contributed by atoms with Crippen molar-refractivity contribution in [2.75, 3.05) is 0 Å². The molecule has 2 rings (SSSR count). The van der Waals surface area contributed by atoms with Crippen LogP contribution in [0.15, 0.2) is 57.0 Å². The molecule has 0 amide bonds. The molecule has 0 saturated heterocycles. The number of allylic oxidation sites excluding steroid dienone is 2. The van der Waals surface area contributed by atoms with Crippen molar-refractivity contribution in [2.24, 2.45) is 0 Å². The van der Waals surface area contributed by atoms with Crippen LogP contribution < -0.4 is 0 Å². The zero-order valence-corrected chi connectivity index (χ0v) is 14.2. The summed E-state index contributed by atoms with van der Waals surface area (Å²) >= 11 is 4.24. The standard InChI is InChI=1S/C16H14O2S3/c1-9(2)13(17)15-11(5-7-19-15)21-12-6-8-20-16(12)14(18)10(3)4/h5-8H,1,3H2,2,4H3. The topological polar surface area (TPSA) is 34.1 Å². The van der Waals surface area contributed by atoms with E-state index in [1.54, 1.807) is 13.8 Å². The van der Waals surface area contributed by atoms with Crippen LogP contribution in [0.4, 0.5) is 0 Å². The van der Waals surface area contributed by atoms with Crippen molar-refractivity contribution in [1.29, 1.82) is 0 Å². The smallest absolute Gasteiger partial charge is 0.199 e. The highest BCUT2D eigenvalue weighted by Gasteiger charge is 2.19. The quantitative estimate of drug-likeness (QED) is 0.518. The molecular formula is C16H14O2S3. The summed E-state index contributed by atoms with van der Waals surface area (Å²) in [5.41, 5.74) is 1.03. The van der Waals surface area contributed by atoms with Crippen LogP contribution in [0, 0.1) is 0 Å². The maximum Gasteiger partial charge on any atom is 0.199 e. The van der Waals surface area contributed by atoms with E-state index in [0.717, 1.165) is 9.79 Å². The van der Waals surface area contributed by atoms with Gasteiger partial charge < -0.3 is 0 Å². The molecule has 0 unspecified atom stereocenters. The molecule has 0 bridgehead atoms. The van der Waals surface area contributed by atoms with Gasteiger partial charge in [-0.05, 0) is 47.9 Å². The second kappa shape index (κ2) is 6.56. The van der Waals surface area contributed by atoms with Crippen LogP contribution in [0.25, 0.3) is 0 Å². The van der Waals surface area contributed by atoms with Crippen molar-refractivity contribution >= 4 is 46.0 Å². The fourth-order valence-electron chi connectivity index (χ4n) is 1.59. The molecule has 0 N–H and O–H groups in total. The van der Waals surface area contributed by atoms with E-state index in [1.807, 2.05) is 22.9 Å². The summed E-state index contributed by atoms with van der Waals surface area (Å²) in [6.07, 6.45) is 0. The highest BCUT2D eigenvalue weighted by atomic mass is 32.2. The van der Waals surface area contributed by atoms with Crippen LogP contribution in [0.1, 0.15) is 33.2 Å². The zero-order chi connectivity index (χ0) is 15.6. The number of carbonyl (C=O) groups excluding carboxylic acids is 2. The number of thiophene rings is 2. The van der Waals surface area contributed by atoms with Crippen molar-refractivity contribution in [3.8, 4) is 0 Å². The van der Waals surface area contributed by atoms with E-state index in [-0.39, 0.29) is 11.6 Å². The highest BCUT2D eigenvalue weighted by molar-refractivity contribution is 7.99. The van der Waals surface area contributed by atoms with Gasteiger partial charge in [0.05, 0.1) is 9.75 Å². The molecule has 0 aromatic carbocycles. The third-order valence-corrected chi connectivity index (χ3v) is 5.87. The first-order valence-electron chi connectivity index (χ1n) is 6.15.